The fourth-order valence-corrected chi connectivity index (χ4v) is 3.44. The average molecular weight is 403 g/mol. The highest BCUT2D eigenvalue weighted by molar-refractivity contribution is 5.97. The van der Waals surface area contributed by atoms with Crippen molar-refractivity contribution in [1.29, 1.82) is 0 Å². The average Bonchev–Trinajstić information content (AvgIpc) is 2.98. The number of benzene rings is 1. The molecule has 2 N–H and O–H groups in total. The fraction of sp³-hybridized carbons (Fsp3) is 0.412. The number of hydrogen-bond acceptors (Lipinski definition) is 4. The number of piperidine rings is 1. The third-order valence-corrected chi connectivity index (χ3v) is 4.57. The molecule has 0 amide bonds. The van der Waals surface area contributed by atoms with Crippen molar-refractivity contribution in [3.8, 4) is 5.75 Å². The number of nitrogens with zero attached hydrogens (tertiary/aromatic N) is 2. The molecule has 0 aliphatic carbocycles. The summed E-state index contributed by atoms with van der Waals surface area (Å²) in [6.07, 6.45) is -2.71. The number of aromatic amines is 1. The molecule has 4 rings (SSSR count). The Balaban J connectivity index is 0.00000210. The molecule has 0 radical (unpaired) electrons. The van der Waals surface area contributed by atoms with E-state index in [0.717, 1.165) is 31.6 Å². The molecular formula is C17H18ClF3N4O2. The number of rotatable bonds is 3. The third kappa shape index (κ3) is 3.89. The number of ether oxygens (including phenoxy) is 1. The van der Waals surface area contributed by atoms with Gasteiger partial charge in [0, 0.05) is 12.0 Å². The fourth-order valence-electron chi connectivity index (χ4n) is 3.44. The van der Waals surface area contributed by atoms with Gasteiger partial charge in [-0.05, 0) is 38.1 Å². The molecule has 146 valence electrons. The standard InChI is InChI=1S/C17H17F3N4O2.ClH/c18-17(19,20)9-26-13-3-1-2-11-15(13)16-22-14(25)8-12(24(16)23-11)10-4-6-21-7-5-10;/h1-3,8,10,21H,4-7,9H2,(H,22,25);1H. The number of nitrogens with one attached hydrogen (secondary N) is 2. The summed E-state index contributed by atoms with van der Waals surface area (Å²) >= 11 is 0. The number of H-pyrrole nitrogens is 1. The Morgan fingerprint density at radius 1 is 1.26 bits per heavy atom. The summed E-state index contributed by atoms with van der Waals surface area (Å²) in [5.41, 5.74) is 1.29. The van der Waals surface area contributed by atoms with Crippen LogP contribution in [0.25, 0.3) is 16.6 Å². The molecule has 0 saturated carbocycles. The van der Waals surface area contributed by atoms with Crippen molar-refractivity contribution in [2.45, 2.75) is 24.9 Å². The van der Waals surface area contributed by atoms with E-state index in [-0.39, 0.29) is 29.6 Å². The summed E-state index contributed by atoms with van der Waals surface area (Å²) in [5.74, 6) is 0.211. The Morgan fingerprint density at radius 2 is 2.00 bits per heavy atom. The first-order valence-corrected chi connectivity index (χ1v) is 8.37. The van der Waals surface area contributed by atoms with Crippen LogP contribution in [0, 0.1) is 0 Å². The van der Waals surface area contributed by atoms with E-state index >= 15 is 0 Å². The van der Waals surface area contributed by atoms with Crippen LogP contribution >= 0.6 is 12.4 Å². The van der Waals surface area contributed by atoms with E-state index in [4.69, 9.17) is 4.74 Å². The lowest BCUT2D eigenvalue weighted by Gasteiger charge is -2.23. The lowest BCUT2D eigenvalue weighted by Crippen LogP contribution is -2.28. The second kappa shape index (κ2) is 7.40. The van der Waals surface area contributed by atoms with E-state index in [1.165, 1.54) is 12.1 Å². The maximum absolute atomic E-state index is 12.5. The molecule has 2 aromatic heterocycles. The number of fused-ring (bicyclic) bond motifs is 3. The molecule has 3 aromatic rings. The molecule has 1 aliphatic rings. The first-order valence-electron chi connectivity index (χ1n) is 8.37. The minimum absolute atomic E-state index is 0. The van der Waals surface area contributed by atoms with Crippen molar-refractivity contribution in [2.75, 3.05) is 19.7 Å². The Hall–Kier alpha value is -2.26. The normalized spacial score (nSPS) is 15.8. The molecule has 3 heterocycles. The molecule has 0 spiro atoms. The molecule has 1 saturated heterocycles. The maximum Gasteiger partial charge on any atom is 0.422 e. The quantitative estimate of drug-likeness (QED) is 0.706. The zero-order valence-electron chi connectivity index (χ0n) is 14.2. The lowest BCUT2D eigenvalue weighted by molar-refractivity contribution is -0.153. The van der Waals surface area contributed by atoms with Gasteiger partial charge in [0.1, 0.15) is 11.4 Å². The van der Waals surface area contributed by atoms with E-state index in [0.29, 0.717) is 16.6 Å². The highest BCUT2D eigenvalue weighted by Gasteiger charge is 2.29. The molecule has 1 fully saturated rings. The lowest BCUT2D eigenvalue weighted by atomic mass is 9.94. The van der Waals surface area contributed by atoms with Crippen LogP contribution in [-0.4, -0.2) is 40.5 Å². The van der Waals surface area contributed by atoms with Gasteiger partial charge in [-0.15, -0.1) is 12.4 Å². The summed E-state index contributed by atoms with van der Waals surface area (Å²) in [7, 11) is 0. The van der Waals surface area contributed by atoms with Crippen molar-refractivity contribution >= 4 is 29.0 Å². The van der Waals surface area contributed by atoms with E-state index in [1.807, 2.05) is 0 Å². The molecule has 10 heteroatoms. The van der Waals surface area contributed by atoms with Gasteiger partial charge in [0.2, 0.25) is 0 Å². The predicted molar refractivity (Wildman–Crippen MR) is 97.0 cm³/mol. The van der Waals surface area contributed by atoms with Gasteiger partial charge in [0.05, 0.1) is 16.6 Å². The number of halogens is 4. The van der Waals surface area contributed by atoms with Gasteiger partial charge >= 0.3 is 6.18 Å². The zero-order valence-corrected chi connectivity index (χ0v) is 15.0. The van der Waals surface area contributed by atoms with Gasteiger partial charge in [-0.25, -0.2) is 4.52 Å². The summed E-state index contributed by atoms with van der Waals surface area (Å²) < 4.78 is 44.2. The third-order valence-electron chi connectivity index (χ3n) is 4.57. The molecule has 27 heavy (non-hydrogen) atoms. The molecule has 0 atom stereocenters. The highest BCUT2D eigenvalue weighted by Crippen LogP contribution is 2.32. The van der Waals surface area contributed by atoms with Crippen molar-refractivity contribution in [1.82, 2.24) is 19.9 Å². The van der Waals surface area contributed by atoms with Crippen molar-refractivity contribution in [2.24, 2.45) is 0 Å². The van der Waals surface area contributed by atoms with E-state index in [1.54, 1.807) is 16.6 Å². The highest BCUT2D eigenvalue weighted by atomic mass is 35.5. The minimum atomic E-state index is -4.45. The van der Waals surface area contributed by atoms with Crippen LogP contribution in [0.2, 0.25) is 0 Å². The monoisotopic (exact) mass is 402 g/mol. The van der Waals surface area contributed by atoms with Crippen LogP contribution < -0.4 is 15.6 Å². The molecule has 6 nitrogen and oxygen atoms in total. The number of aromatic nitrogens is 3. The molecule has 0 unspecified atom stereocenters. The Labute approximate surface area is 158 Å². The van der Waals surface area contributed by atoms with Gasteiger partial charge in [0.15, 0.2) is 6.61 Å². The first-order chi connectivity index (χ1) is 12.4. The van der Waals surface area contributed by atoms with Crippen molar-refractivity contribution < 1.29 is 17.9 Å². The van der Waals surface area contributed by atoms with Gasteiger partial charge in [-0.1, -0.05) is 6.07 Å². The number of alkyl halides is 3. The van der Waals surface area contributed by atoms with E-state index in [2.05, 4.69) is 15.4 Å². The Kier molecular flexibility index (Phi) is 5.34. The minimum Gasteiger partial charge on any atom is -0.483 e. The summed E-state index contributed by atoms with van der Waals surface area (Å²) in [6, 6.07) is 6.24. The van der Waals surface area contributed by atoms with Gasteiger partial charge in [-0.2, -0.15) is 18.3 Å². The first kappa shape index (κ1) is 19.5. The Bertz CT molecular complexity index is 1010. The van der Waals surface area contributed by atoms with Crippen LogP contribution in [0.1, 0.15) is 24.5 Å². The second-order valence-electron chi connectivity index (χ2n) is 6.40. The van der Waals surface area contributed by atoms with Gasteiger partial charge in [-0.3, -0.25) is 4.79 Å². The van der Waals surface area contributed by atoms with E-state index < -0.39 is 12.8 Å². The molecule has 1 aliphatic heterocycles. The summed E-state index contributed by atoms with van der Waals surface area (Å²) in [6.45, 7) is 0.293. The maximum atomic E-state index is 12.5. The van der Waals surface area contributed by atoms with Crippen molar-refractivity contribution in [3.63, 3.8) is 0 Å². The largest absolute Gasteiger partial charge is 0.483 e. The second-order valence-corrected chi connectivity index (χ2v) is 6.40. The van der Waals surface area contributed by atoms with E-state index in [9.17, 15) is 18.0 Å². The smallest absolute Gasteiger partial charge is 0.422 e. The van der Waals surface area contributed by atoms with Crippen LogP contribution in [0.15, 0.2) is 29.1 Å². The van der Waals surface area contributed by atoms with Crippen LogP contribution in [0.4, 0.5) is 13.2 Å². The Morgan fingerprint density at radius 3 is 2.70 bits per heavy atom. The predicted octanol–water partition coefficient (Wildman–Crippen LogP) is 3.01. The zero-order chi connectivity index (χ0) is 18.3. The SMILES string of the molecule is Cl.O=c1cc(C2CCNCC2)n2nc3cccc(OCC(F)(F)F)c3c2[nH]1. The van der Waals surface area contributed by atoms with Gasteiger partial charge in [0.25, 0.3) is 5.56 Å². The molecule has 0 bridgehead atoms. The summed E-state index contributed by atoms with van der Waals surface area (Å²) in [4.78, 5) is 14.9. The van der Waals surface area contributed by atoms with Crippen LogP contribution in [-0.2, 0) is 0 Å². The van der Waals surface area contributed by atoms with Gasteiger partial charge < -0.3 is 15.0 Å². The topological polar surface area (TPSA) is 71.4 Å². The number of hydrogen-bond donors (Lipinski definition) is 2. The van der Waals surface area contributed by atoms with Crippen LogP contribution in [0.3, 0.4) is 0 Å². The molecule has 1 aromatic carbocycles. The van der Waals surface area contributed by atoms with Crippen LogP contribution in [0.5, 0.6) is 5.75 Å². The van der Waals surface area contributed by atoms with Crippen molar-refractivity contribution in [3.05, 3.63) is 40.3 Å². The summed E-state index contributed by atoms with van der Waals surface area (Å²) in [5, 5.41) is 8.15. The molecular weight excluding hydrogens is 385 g/mol.